The molecule has 0 aliphatic carbocycles. The molecule has 0 bridgehead atoms. The third-order valence-corrected chi connectivity index (χ3v) is 6.24. The minimum atomic E-state index is 0.00841. The van der Waals surface area contributed by atoms with Crippen LogP contribution in [0.2, 0.25) is 0 Å². The molecule has 0 unspecified atom stereocenters. The highest BCUT2D eigenvalue weighted by atomic mass is 32.1. The number of rotatable bonds is 2. The van der Waals surface area contributed by atoms with Crippen molar-refractivity contribution in [1.82, 2.24) is 19.7 Å². The van der Waals surface area contributed by atoms with E-state index in [1.165, 1.54) is 0 Å². The number of benzene rings is 1. The van der Waals surface area contributed by atoms with E-state index in [9.17, 15) is 4.79 Å². The van der Waals surface area contributed by atoms with Crippen molar-refractivity contribution >= 4 is 40.7 Å². The molecule has 0 amide bonds. The summed E-state index contributed by atoms with van der Waals surface area (Å²) >= 11 is 5.66. The number of aromatic nitrogens is 3. The number of nitrogens with one attached hydrogen (secondary N) is 2. The average Bonchev–Trinajstić information content (AvgIpc) is 3.18. The van der Waals surface area contributed by atoms with Crippen LogP contribution in [0.15, 0.2) is 29.5 Å². The smallest absolute Gasteiger partial charge is 0.246 e. The largest absolute Gasteiger partial charge is 0.378 e. The molecule has 2 aromatic rings. The summed E-state index contributed by atoms with van der Waals surface area (Å²) in [4.78, 5) is 21.5. The Morgan fingerprint density at radius 2 is 1.90 bits per heavy atom. The van der Waals surface area contributed by atoms with Crippen molar-refractivity contribution in [3.8, 4) is 0 Å². The first-order valence-corrected chi connectivity index (χ1v) is 10.8. The number of para-hydroxylation sites is 1. The summed E-state index contributed by atoms with van der Waals surface area (Å²) in [5.41, 5.74) is 4.82. The molecule has 5 rings (SSSR count). The van der Waals surface area contributed by atoms with Gasteiger partial charge in [0.15, 0.2) is 10.9 Å². The summed E-state index contributed by atoms with van der Waals surface area (Å²) in [6, 6.07) is 6.11. The number of Topliss-reactive ketones (excluding diaryl/α,β-unsaturated/α-hetero) is 1. The fourth-order valence-electron chi connectivity index (χ4n) is 4.17. The van der Waals surface area contributed by atoms with Gasteiger partial charge in [0.05, 0.1) is 32.0 Å². The van der Waals surface area contributed by atoms with E-state index in [1.54, 1.807) is 0 Å². The van der Waals surface area contributed by atoms with Crippen molar-refractivity contribution in [2.45, 2.75) is 20.4 Å². The molecule has 0 saturated carbocycles. The molecule has 162 valence electrons. The second kappa shape index (κ2) is 7.93. The minimum absolute atomic E-state index is 0.00841. The highest BCUT2D eigenvalue weighted by Crippen LogP contribution is 2.27. The van der Waals surface area contributed by atoms with E-state index in [0.29, 0.717) is 49.0 Å². The van der Waals surface area contributed by atoms with Crippen molar-refractivity contribution in [2.24, 2.45) is 0 Å². The average molecular weight is 440 g/mol. The van der Waals surface area contributed by atoms with Gasteiger partial charge in [0.25, 0.3) is 0 Å². The van der Waals surface area contributed by atoms with Crippen LogP contribution in [0.25, 0.3) is 0 Å². The lowest BCUT2D eigenvalue weighted by Gasteiger charge is -2.34. The minimum Gasteiger partial charge on any atom is -0.378 e. The Morgan fingerprint density at radius 1 is 1.16 bits per heavy atom. The van der Waals surface area contributed by atoms with Gasteiger partial charge >= 0.3 is 0 Å². The van der Waals surface area contributed by atoms with E-state index in [4.69, 9.17) is 17.0 Å². The monoisotopic (exact) mass is 439 g/mol. The lowest BCUT2D eigenvalue weighted by atomic mass is 10.0. The van der Waals surface area contributed by atoms with Crippen molar-refractivity contribution in [1.29, 1.82) is 0 Å². The van der Waals surface area contributed by atoms with Gasteiger partial charge in [0, 0.05) is 25.3 Å². The van der Waals surface area contributed by atoms with E-state index in [2.05, 4.69) is 25.6 Å². The van der Waals surface area contributed by atoms with Gasteiger partial charge in [-0.1, -0.05) is 18.2 Å². The summed E-state index contributed by atoms with van der Waals surface area (Å²) in [5.74, 6) is 1.29. The molecule has 31 heavy (non-hydrogen) atoms. The van der Waals surface area contributed by atoms with Crippen LogP contribution in [0, 0.1) is 13.8 Å². The van der Waals surface area contributed by atoms with Crippen molar-refractivity contribution < 1.29 is 9.53 Å². The van der Waals surface area contributed by atoms with E-state index in [1.807, 2.05) is 41.6 Å². The first-order valence-electron chi connectivity index (χ1n) is 10.4. The Balaban J connectivity index is 1.32. The zero-order valence-electron chi connectivity index (χ0n) is 17.6. The molecular formula is C21H25N7O2S. The van der Waals surface area contributed by atoms with E-state index in [0.717, 1.165) is 35.5 Å². The molecule has 0 spiro atoms. The molecule has 9 nitrogen and oxygen atoms in total. The van der Waals surface area contributed by atoms with Crippen LogP contribution in [0.3, 0.4) is 0 Å². The maximum Gasteiger partial charge on any atom is 0.246 e. The number of aryl methyl sites for hydroxylation is 2. The number of fused-ring (bicyclic) bond motifs is 1. The van der Waals surface area contributed by atoms with Crippen molar-refractivity contribution in [3.63, 3.8) is 0 Å². The molecule has 4 heterocycles. The predicted molar refractivity (Wildman–Crippen MR) is 122 cm³/mol. The Hall–Kier alpha value is -2.98. The number of anilines is 3. The maximum atomic E-state index is 12.9. The van der Waals surface area contributed by atoms with E-state index in [-0.39, 0.29) is 12.3 Å². The molecule has 3 aliphatic rings. The normalized spacial score (nSPS) is 18.5. The first kappa shape index (κ1) is 20.0. The number of hydrogen-bond donors (Lipinski definition) is 2. The molecule has 2 N–H and O–H groups in total. The fourth-order valence-corrected chi connectivity index (χ4v) is 4.40. The van der Waals surface area contributed by atoms with Gasteiger partial charge < -0.3 is 25.2 Å². The standard InChI is InChI=1S/C21H25N7O2S/c1-13-4-3-5-14(2)17(13)23-21(31)27-10-15-11-28-19(22-18(15)16(29)12-27)24-20(25-28)26-6-8-30-9-7-26/h3-5H,6-12H2,1-2H3,(H,23,31)(H,22,24,25). The molecular weight excluding hydrogens is 414 g/mol. The zero-order chi connectivity index (χ0) is 21.5. The van der Waals surface area contributed by atoms with E-state index >= 15 is 0 Å². The second-order valence-corrected chi connectivity index (χ2v) is 8.46. The molecule has 1 saturated heterocycles. The van der Waals surface area contributed by atoms with Gasteiger partial charge in [-0.2, -0.15) is 4.98 Å². The quantitative estimate of drug-likeness (QED) is 0.679. The second-order valence-electron chi connectivity index (χ2n) is 8.07. The number of carbonyl (C=O) groups is 1. The van der Waals surface area contributed by atoms with Crippen LogP contribution < -0.4 is 15.5 Å². The van der Waals surface area contributed by atoms with Crippen LogP contribution >= 0.6 is 12.2 Å². The van der Waals surface area contributed by atoms with Gasteiger partial charge in [0.2, 0.25) is 11.9 Å². The van der Waals surface area contributed by atoms with E-state index < -0.39 is 0 Å². The summed E-state index contributed by atoms with van der Waals surface area (Å²) in [6.45, 7) is 8.28. The van der Waals surface area contributed by atoms with Gasteiger partial charge in [0.1, 0.15) is 0 Å². The number of ketones is 1. The number of hydrogen-bond acceptors (Lipinski definition) is 7. The lowest BCUT2D eigenvalue weighted by Crippen LogP contribution is -2.46. The third-order valence-electron chi connectivity index (χ3n) is 5.88. The molecule has 0 atom stereocenters. The summed E-state index contributed by atoms with van der Waals surface area (Å²) < 4.78 is 7.23. The molecule has 3 aliphatic heterocycles. The zero-order valence-corrected chi connectivity index (χ0v) is 18.5. The Bertz CT molecular complexity index is 1070. The predicted octanol–water partition coefficient (Wildman–Crippen LogP) is 1.69. The summed E-state index contributed by atoms with van der Waals surface area (Å²) in [6.07, 6.45) is 0. The van der Waals surface area contributed by atoms with Crippen LogP contribution in [0.1, 0.15) is 11.1 Å². The molecule has 10 heteroatoms. The molecule has 0 radical (unpaired) electrons. The number of morpholine rings is 1. The number of carbonyl (C=O) groups excluding carboxylic acids is 1. The summed E-state index contributed by atoms with van der Waals surface area (Å²) in [7, 11) is 0. The van der Waals surface area contributed by atoms with Gasteiger partial charge in [-0.3, -0.25) is 4.79 Å². The maximum absolute atomic E-state index is 12.9. The Morgan fingerprint density at radius 3 is 2.65 bits per heavy atom. The topological polar surface area (TPSA) is 87.6 Å². The van der Waals surface area contributed by atoms with Crippen LogP contribution in [0.5, 0.6) is 0 Å². The lowest BCUT2D eigenvalue weighted by molar-refractivity contribution is -0.116. The third kappa shape index (κ3) is 3.77. The molecule has 1 aromatic heterocycles. The number of ether oxygens (including phenoxy) is 1. The Kier molecular flexibility index (Phi) is 5.11. The SMILES string of the molecule is Cc1cccc(C)c1NC(=S)N1CC(=O)C2=C(C1)Cn1nc(N3CCOCC3)nc1N2. The molecule has 1 aromatic carbocycles. The van der Waals surface area contributed by atoms with Crippen LogP contribution in [-0.4, -0.2) is 70.0 Å². The van der Waals surface area contributed by atoms with Gasteiger partial charge in [-0.25, -0.2) is 4.68 Å². The number of nitrogens with zero attached hydrogens (tertiary/aromatic N) is 5. The highest BCUT2D eigenvalue weighted by molar-refractivity contribution is 7.80. The van der Waals surface area contributed by atoms with Crippen LogP contribution in [0.4, 0.5) is 17.6 Å². The van der Waals surface area contributed by atoms with Crippen molar-refractivity contribution in [3.05, 3.63) is 40.6 Å². The Labute approximate surface area is 186 Å². The first-order chi connectivity index (χ1) is 15.0. The number of thiocarbonyl (C=S) groups is 1. The van der Waals surface area contributed by atoms with Gasteiger partial charge in [-0.15, -0.1) is 5.10 Å². The molecule has 1 fully saturated rings. The summed E-state index contributed by atoms with van der Waals surface area (Å²) in [5, 5.41) is 11.8. The van der Waals surface area contributed by atoms with Crippen molar-refractivity contribution in [2.75, 3.05) is 54.9 Å². The highest BCUT2D eigenvalue weighted by Gasteiger charge is 2.33. The van der Waals surface area contributed by atoms with Crippen LogP contribution in [-0.2, 0) is 16.1 Å². The fraction of sp³-hybridized carbons (Fsp3) is 0.429. The van der Waals surface area contributed by atoms with Gasteiger partial charge in [-0.05, 0) is 42.8 Å².